The Morgan fingerprint density at radius 3 is 2.36 bits per heavy atom. The summed E-state index contributed by atoms with van der Waals surface area (Å²) >= 11 is 0. The summed E-state index contributed by atoms with van der Waals surface area (Å²) in [5, 5.41) is 12.6. The van der Waals surface area contributed by atoms with Gasteiger partial charge in [0.15, 0.2) is 0 Å². The van der Waals surface area contributed by atoms with Crippen molar-refractivity contribution in [2.75, 3.05) is 6.54 Å². The molecule has 3 heteroatoms. The summed E-state index contributed by atoms with van der Waals surface area (Å²) in [4.78, 5) is 0. The Hall–Kier alpha value is -0.120. The van der Waals surface area contributed by atoms with Crippen molar-refractivity contribution in [3.63, 3.8) is 0 Å². The van der Waals surface area contributed by atoms with Gasteiger partial charge in [0.05, 0.1) is 17.3 Å². The van der Waals surface area contributed by atoms with Gasteiger partial charge in [-0.2, -0.15) is 0 Å². The van der Waals surface area contributed by atoms with Gasteiger partial charge in [-0.3, -0.25) is 0 Å². The molecule has 0 spiro atoms. The van der Waals surface area contributed by atoms with Crippen LogP contribution in [0.15, 0.2) is 0 Å². The van der Waals surface area contributed by atoms with Crippen LogP contribution in [0.4, 0.5) is 0 Å². The number of nitrogens with one attached hydrogen (secondary N) is 1. The maximum absolute atomic E-state index is 9.21. The second kappa shape index (κ2) is 3.80. The lowest BCUT2D eigenvalue weighted by Crippen LogP contribution is -2.45. The van der Waals surface area contributed by atoms with E-state index in [-0.39, 0.29) is 17.3 Å². The number of aliphatic hydroxyl groups excluding tert-OH is 1. The molecule has 2 atom stereocenters. The van der Waals surface area contributed by atoms with Gasteiger partial charge in [-0.05, 0) is 41.0 Å². The largest absolute Gasteiger partial charge is 0.392 e. The highest BCUT2D eigenvalue weighted by molar-refractivity contribution is 4.98. The zero-order chi connectivity index (χ0) is 11.0. The zero-order valence-electron chi connectivity index (χ0n) is 9.92. The number of hydrogen-bond donors (Lipinski definition) is 2. The van der Waals surface area contributed by atoms with E-state index in [1.807, 2.05) is 0 Å². The van der Waals surface area contributed by atoms with Gasteiger partial charge in [-0.1, -0.05) is 0 Å². The highest BCUT2D eigenvalue weighted by Gasteiger charge is 2.45. The summed E-state index contributed by atoms with van der Waals surface area (Å²) in [6.45, 7) is 10.8. The molecule has 0 radical (unpaired) electrons. The maximum Gasteiger partial charge on any atom is 0.0787 e. The van der Waals surface area contributed by atoms with E-state index in [0.717, 1.165) is 6.42 Å². The third-order valence-corrected chi connectivity index (χ3v) is 2.73. The first-order valence-electron chi connectivity index (χ1n) is 5.34. The Morgan fingerprint density at radius 2 is 2.00 bits per heavy atom. The Labute approximate surface area is 86.8 Å². The molecule has 0 aromatic heterocycles. The number of rotatable bonds is 3. The molecular formula is C11H23NO2. The predicted molar refractivity (Wildman–Crippen MR) is 57.3 cm³/mol. The van der Waals surface area contributed by atoms with Gasteiger partial charge < -0.3 is 15.2 Å². The van der Waals surface area contributed by atoms with E-state index in [1.165, 1.54) is 0 Å². The van der Waals surface area contributed by atoms with Gasteiger partial charge in [0, 0.05) is 12.6 Å². The van der Waals surface area contributed by atoms with Gasteiger partial charge in [0.25, 0.3) is 0 Å². The van der Waals surface area contributed by atoms with E-state index in [1.54, 1.807) is 6.92 Å². The van der Waals surface area contributed by atoms with Crippen LogP contribution in [0.25, 0.3) is 0 Å². The van der Waals surface area contributed by atoms with Crippen LogP contribution in [0.5, 0.6) is 0 Å². The average molecular weight is 201 g/mol. The molecule has 14 heavy (non-hydrogen) atoms. The third kappa shape index (κ3) is 2.94. The molecule has 0 bridgehead atoms. The topological polar surface area (TPSA) is 41.5 Å². The van der Waals surface area contributed by atoms with Crippen molar-refractivity contribution in [3.8, 4) is 0 Å². The predicted octanol–water partition coefficient (Wildman–Crippen LogP) is 1.30. The maximum atomic E-state index is 9.21. The molecule has 0 aromatic rings. The molecule has 0 saturated carbocycles. The van der Waals surface area contributed by atoms with Crippen LogP contribution in [-0.2, 0) is 4.74 Å². The second-order valence-electron chi connectivity index (χ2n) is 5.48. The Bertz CT molecular complexity index is 199. The van der Waals surface area contributed by atoms with Crippen molar-refractivity contribution in [3.05, 3.63) is 0 Å². The summed E-state index contributed by atoms with van der Waals surface area (Å²) in [7, 11) is 0. The lowest BCUT2D eigenvalue weighted by Gasteiger charge is -2.28. The standard InChI is InChI=1S/C11H23NO2/c1-8(13)7-12-9-6-10(2,3)14-11(9,4)5/h8-9,12-13H,6-7H2,1-5H3/t8-,9?/m1/s1. The summed E-state index contributed by atoms with van der Waals surface area (Å²) in [6, 6.07) is 0.326. The summed E-state index contributed by atoms with van der Waals surface area (Å²) in [6.07, 6.45) is 0.696. The number of ether oxygens (including phenoxy) is 1. The van der Waals surface area contributed by atoms with E-state index in [9.17, 15) is 5.11 Å². The van der Waals surface area contributed by atoms with Gasteiger partial charge in [-0.25, -0.2) is 0 Å². The van der Waals surface area contributed by atoms with Crippen molar-refractivity contribution in [2.24, 2.45) is 0 Å². The molecule has 1 rings (SSSR count). The van der Waals surface area contributed by atoms with Gasteiger partial charge in [0.1, 0.15) is 0 Å². The van der Waals surface area contributed by atoms with Crippen LogP contribution in [0.3, 0.4) is 0 Å². The molecule has 0 amide bonds. The van der Waals surface area contributed by atoms with Crippen LogP contribution in [0.2, 0.25) is 0 Å². The summed E-state index contributed by atoms with van der Waals surface area (Å²) < 4.78 is 5.94. The molecular weight excluding hydrogens is 178 g/mol. The average Bonchev–Trinajstić information content (AvgIpc) is 2.14. The smallest absolute Gasteiger partial charge is 0.0787 e. The lowest BCUT2D eigenvalue weighted by atomic mass is 9.94. The molecule has 84 valence electrons. The highest BCUT2D eigenvalue weighted by atomic mass is 16.5. The van der Waals surface area contributed by atoms with Crippen molar-refractivity contribution in [1.82, 2.24) is 5.32 Å². The van der Waals surface area contributed by atoms with E-state index in [4.69, 9.17) is 4.74 Å². The zero-order valence-corrected chi connectivity index (χ0v) is 9.92. The molecule has 3 nitrogen and oxygen atoms in total. The Balaban J connectivity index is 2.53. The first kappa shape index (κ1) is 12.0. The second-order valence-corrected chi connectivity index (χ2v) is 5.48. The fourth-order valence-electron chi connectivity index (χ4n) is 2.19. The van der Waals surface area contributed by atoms with E-state index < -0.39 is 0 Å². The number of aliphatic hydroxyl groups is 1. The molecule has 0 aliphatic carbocycles. The van der Waals surface area contributed by atoms with Crippen LogP contribution in [0.1, 0.15) is 41.0 Å². The molecule has 1 fully saturated rings. The first-order valence-corrected chi connectivity index (χ1v) is 5.34. The van der Waals surface area contributed by atoms with E-state index in [0.29, 0.717) is 12.6 Å². The monoisotopic (exact) mass is 201 g/mol. The van der Waals surface area contributed by atoms with Gasteiger partial charge in [0.2, 0.25) is 0 Å². The Kier molecular flexibility index (Phi) is 3.24. The quantitative estimate of drug-likeness (QED) is 0.723. The summed E-state index contributed by atoms with van der Waals surface area (Å²) in [5.74, 6) is 0. The van der Waals surface area contributed by atoms with Crippen LogP contribution >= 0.6 is 0 Å². The van der Waals surface area contributed by atoms with Crippen LogP contribution in [0, 0.1) is 0 Å². The van der Waals surface area contributed by atoms with Crippen molar-refractivity contribution in [2.45, 2.75) is 64.4 Å². The minimum absolute atomic E-state index is 0.0557. The minimum Gasteiger partial charge on any atom is -0.392 e. The highest BCUT2D eigenvalue weighted by Crippen LogP contribution is 2.37. The molecule has 1 aliphatic rings. The van der Waals surface area contributed by atoms with Crippen LogP contribution in [-0.4, -0.2) is 35.0 Å². The first-order chi connectivity index (χ1) is 6.23. The Morgan fingerprint density at radius 1 is 1.43 bits per heavy atom. The lowest BCUT2D eigenvalue weighted by molar-refractivity contribution is -0.0701. The molecule has 0 aromatic carbocycles. The molecule has 1 saturated heterocycles. The van der Waals surface area contributed by atoms with Gasteiger partial charge >= 0.3 is 0 Å². The van der Waals surface area contributed by atoms with Crippen molar-refractivity contribution in [1.29, 1.82) is 0 Å². The SMILES string of the molecule is C[C@@H](O)CNC1CC(C)(C)OC1(C)C. The molecule has 1 aliphatic heterocycles. The summed E-state index contributed by atoms with van der Waals surface area (Å²) in [5.41, 5.74) is -0.196. The minimum atomic E-state index is -0.297. The van der Waals surface area contributed by atoms with Crippen molar-refractivity contribution < 1.29 is 9.84 Å². The number of hydrogen-bond acceptors (Lipinski definition) is 3. The van der Waals surface area contributed by atoms with Crippen molar-refractivity contribution >= 4 is 0 Å². The normalized spacial score (nSPS) is 31.7. The van der Waals surface area contributed by atoms with Crippen LogP contribution < -0.4 is 5.32 Å². The molecule has 2 N–H and O–H groups in total. The fourth-order valence-corrected chi connectivity index (χ4v) is 2.19. The fraction of sp³-hybridized carbons (Fsp3) is 1.00. The van der Waals surface area contributed by atoms with E-state index in [2.05, 4.69) is 33.0 Å². The van der Waals surface area contributed by atoms with Gasteiger partial charge in [-0.15, -0.1) is 0 Å². The van der Waals surface area contributed by atoms with E-state index >= 15 is 0 Å². The third-order valence-electron chi connectivity index (χ3n) is 2.73. The molecule has 1 heterocycles. The molecule has 1 unspecified atom stereocenters.